The van der Waals surface area contributed by atoms with Gasteiger partial charge in [-0.25, -0.2) is 4.39 Å². The van der Waals surface area contributed by atoms with Crippen molar-refractivity contribution in [1.29, 1.82) is 5.26 Å². The van der Waals surface area contributed by atoms with Crippen LogP contribution >= 0.6 is 11.3 Å². The number of nitriles is 1. The molecular formula is C14H11FN2S. The molecule has 0 atom stereocenters. The van der Waals surface area contributed by atoms with Crippen molar-refractivity contribution >= 4 is 22.6 Å². The molecule has 0 aliphatic carbocycles. The van der Waals surface area contributed by atoms with Crippen molar-refractivity contribution in [3.8, 4) is 6.07 Å². The number of halogens is 1. The molecule has 0 aliphatic rings. The predicted octanol–water partition coefficient (Wildman–Crippen LogP) is 3.55. The van der Waals surface area contributed by atoms with Gasteiger partial charge in [-0.2, -0.15) is 5.26 Å². The van der Waals surface area contributed by atoms with E-state index < -0.39 is 0 Å². The zero-order valence-electron chi connectivity index (χ0n) is 9.77. The standard InChI is InChI=1S/C14H11FN2S/c1-9-4-5-10(15)7-11(9)14(17)12(8-16)13-3-2-6-18-13/h2-7H,17H2,1H3/b14-12+. The molecule has 2 aromatic rings. The van der Waals surface area contributed by atoms with Crippen molar-refractivity contribution in [1.82, 2.24) is 0 Å². The largest absolute Gasteiger partial charge is 0.397 e. The van der Waals surface area contributed by atoms with Crippen LogP contribution in [0.2, 0.25) is 0 Å². The fourth-order valence-electron chi connectivity index (χ4n) is 1.69. The van der Waals surface area contributed by atoms with Crippen LogP contribution in [0.15, 0.2) is 35.7 Å². The molecule has 90 valence electrons. The van der Waals surface area contributed by atoms with E-state index in [1.54, 1.807) is 6.07 Å². The van der Waals surface area contributed by atoms with Crippen LogP contribution in [0, 0.1) is 24.1 Å². The van der Waals surface area contributed by atoms with Crippen molar-refractivity contribution in [3.05, 3.63) is 57.5 Å². The zero-order chi connectivity index (χ0) is 13.1. The van der Waals surface area contributed by atoms with Gasteiger partial charge >= 0.3 is 0 Å². The average molecular weight is 258 g/mol. The van der Waals surface area contributed by atoms with Gasteiger partial charge in [0.05, 0.1) is 11.3 Å². The van der Waals surface area contributed by atoms with E-state index in [1.165, 1.54) is 23.5 Å². The van der Waals surface area contributed by atoms with E-state index >= 15 is 0 Å². The lowest BCUT2D eigenvalue weighted by Crippen LogP contribution is -2.02. The van der Waals surface area contributed by atoms with Crippen LogP contribution in [0.25, 0.3) is 11.3 Å². The minimum absolute atomic E-state index is 0.317. The molecule has 1 heterocycles. The Balaban J connectivity index is 2.62. The number of allylic oxidation sites excluding steroid dienone is 1. The fraction of sp³-hybridized carbons (Fsp3) is 0.0714. The fourth-order valence-corrected chi connectivity index (χ4v) is 2.42. The van der Waals surface area contributed by atoms with Gasteiger partial charge in [0.15, 0.2) is 0 Å². The van der Waals surface area contributed by atoms with Gasteiger partial charge in [0, 0.05) is 10.4 Å². The second kappa shape index (κ2) is 5.03. The van der Waals surface area contributed by atoms with Crippen molar-refractivity contribution in [2.45, 2.75) is 6.92 Å². The Kier molecular flexibility index (Phi) is 3.45. The molecule has 2 N–H and O–H groups in total. The maximum Gasteiger partial charge on any atom is 0.123 e. The Labute approximate surface area is 109 Å². The summed E-state index contributed by atoms with van der Waals surface area (Å²) in [5.41, 5.74) is 8.13. The summed E-state index contributed by atoms with van der Waals surface area (Å²) in [4.78, 5) is 0.790. The third kappa shape index (κ3) is 2.27. The quantitative estimate of drug-likeness (QED) is 0.837. The molecule has 1 aromatic carbocycles. The SMILES string of the molecule is Cc1ccc(F)cc1/C(N)=C(/C#N)c1cccs1. The predicted molar refractivity (Wildman–Crippen MR) is 72.1 cm³/mol. The Bertz CT molecular complexity index is 636. The molecular weight excluding hydrogens is 247 g/mol. The average Bonchev–Trinajstić information content (AvgIpc) is 2.87. The molecule has 0 unspecified atom stereocenters. The number of nitrogens with zero attached hydrogens (tertiary/aromatic N) is 1. The third-order valence-corrected chi connectivity index (χ3v) is 3.53. The molecule has 2 nitrogen and oxygen atoms in total. The highest BCUT2D eigenvalue weighted by Crippen LogP contribution is 2.27. The lowest BCUT2D eigenvalue weighted by molar-refractivity contribution is 0.627. The van der Waals surface area contributed by atoms with E-state index in [0.29, 0.717) is 16.8 Å². The van der Waals surface area contributed by atoms with Gasteiger partial charge in [0.2, 0.25) is 0 Å². The molecule has 0 amide bonds. The molecule has 0 fully saturated rings. The summed E-state index contributed by atoms with van der Waals surface area (Å²) in [5.74, 6) is -0.359. The highest BCUT2D eigenvalue weighted by atomic mass is 32.1. The second-order valence-corrected chi connectivity index (χ2v) is 4.78. The van der Waals surface area contributed by atoms with Crippen LogP contribution in [0.4, 0.5) is 4.39 Å². The summed E-state index contributed by atoms with van der Waals surface area (Å²) in [7, 11) is 0. The highest BCUT2D eigenvalue weighted by Gasteiger charge is 2.11. The number of hydrogen-bond acceptors (Lipinski definition) is 3. The van der Waals surface area contributed by atoms with Crippen LogP contribution in [0.1, 0.15) is 16.0 Å². The first-order chi connectivity index (χ1) is 8.63. The number of thiophene rings is 1. The van der Waals surface area contributed by atoms with Gasteiger partial charge in [-0.3, -0.25) is 0 Å². The summed E-state index contributed by atoms with van der Waals surface area (Å²) in [6.45, 7) is 1.84. The maximum absolute atomic E-state index is 13.3. The van der Waals surface area contributed by atoms with Crippen LogP contribution in [0.3, 0.4) is 0 Å². The Hall–Kier alpha value is -2.12. The maximum atomic E-state index is 13.3. The summed E-state index contributed by atoms with van der Waals surface area (Å²) in [6.07, 6.45) is 0. The minimum Gasteiger partial charge on any atom is -0.397 e. The summed E-state index contributed by atoms with van der Waals surface area (Å²) < 4.78 is 13.3. The van der Waals surface area contributed by atoms with E-state index in [4.69, 9.17) is 5.73 Å². The molecule has 0 aliphatic heterocycles. The number of aryl methyl sites for hydroxylation is 1. The summed E-state index contributed by atoms with van der Waals surface area (Å²) >= 11 is 1.43. The minimum atomic E-state index is -0.359. The van der Waals surface area contributed by atoms with E-state index in [1.807, 2.05) is 24.4 Å². The molecule has 0 saturated carbocycles. The molecule has 0 radical (unpaired) electrons. The first-order valence-electron chi connectivity index (χ1n) is 5.33. The van der Waals surface area contributed by atoms with Gasteiger partial charge in [-0.1, -0.05) is 12.1 Å². The summed E-state index contributed by atoms with van der Waals surface area (Å²) in [6, 6.07) is 10.2. The van der Waals surface area contributed by atoms with E-state index in [2.05, 4.69) is 6.07 Å². The van der Waals surface area contributed by atoms with Crippen molar-refractivity contribution in [2.75, 3.05) is 0 Å². The van der Waals surface area contributed by atoms with E-state index in [0.717, 1.165) is 10.4 Å². The number of nitrogens with two attached hydrogens (primary N) is 1. The lowest BCUT2D eigenvalue weighted by atomic mass is 10.0. The summed E-state index contributed by atoms with van der Waals surface area (Å²) in [5, 5.41) is 11.1. The van der Waals surface area contributed by atoms with E-state index in [-0.39, 0.29) is 5.82 Å². The molecule has 2 rings (SSSR count). The Morgan fingerprint density at radius 3 is 2.78 bits per heavy atom. The smallest absolute Gasteiger partial charge is 0.123 e. The molecule has 18 heavy (non-hydrogen) atoms. The third-order valence-electron chi connectivity index (χ3n) is 2.64. The van der Waals surface area contributed by atoms with Gasteiger partial charge in [-0.05, 0) is 36.1 Å². The number of benzene rings is 1. The van der Waals surface area contributed by atoms with Crippen LogP contribution in [-0.4, -0.2) is 0 Å². The van der Waals surface area contributed by atoms with Crippen LogP contribution in [-0.2, 0) is 0 Å². The van der Waals surface area contributed by atoms with Crippen molar-refractivity contribution in [3.63, 3.8) is 0 Å². The van der Waals surface area contributed by atoms with Gasteiger partial charge < -0.3 is 5.73 Å². The first-order valence-corrected chi connectivity index (χ1v) is 6.21. The molecule has 0 spiro atoms. The highest BCUT2D eigenvalue weighted by molar-refractivity contribution is 7.11. The zero-order valence-corrected chi connectivity index (χ0v) is 10.6. The normalized spacial score (nSPS) is 11.8. The number of hydrogen-bond donors (Lipinski definition) is 1. The van der Waals surface area contributed by atoms with E-state index in [9.17, 15) is 9.65 Å². The molecule has 0 saturated heterocycles. The van der Waals surface area contributed by atoms with Gasteiger partial charge in [0.25, 0.3) is 0 Å². The van der Waals surface area contributed by atoms with Crippen molar-refractivity contribution < 1.29 is 4.39 Å². The molecule has 4 heteroatoms. The van der Waals surface area contributed by atoms with Gasteiger partial charge in [-0.15, -0.1) is 11.3 Å². The first kappa shape index (κ1) is 12.3. The van der Waals surface area contributed by atoms with Crippen molar-refractivity contribution in [2.24, 2.45) is 5.73 Å². The second-order valence-electron chi connectivity index (χ2n) is 3.84. The monoisotopic (exact) mass is 258 g/mol. The Morgan fingerprint density at radius 1 is 1.39 bits per heavy atom. The topological polar surface area (TPSA) is 49.8 Å². The lowest BCUT2D eigenvalue weighted by Gasteiger charge is -2.08. The molecule has 1 aromatic heterocycles. The number of rotatable bonds is 2. The van der Waals surface area contributed by atoms with Crippen LogP contribution in [0.5, 0.6) is 0 Å². The van der Waals surface area contributed by atoms with Crippen LogP contribution < -0.4 is 5.73 Å². The molecule has 0 bridgehead atoms. The van der Waals surface area contributed by atoms with Gasteiger partial charge in [0.1, 0.15) is 11.9 Å². The Morgan fingerprint density at radius 2 is 2.17 bits per heavy atom.